The third-order valence-corrected chi connectivity index (χ3v) is 14.4. The first-order valence-corrected chi connectivity index (χ1v) is 25.1. The minimum atomic E-state index is 0.592. The summed E-state index contributed by atoms with van der Waals surface area (Å²) in [5.74, 6) is 1.79. The molecule has 3 heterocycles. The van der Waals surface area contributed by atoms with Gasteiger partial charge in [0.2, 0.25) is 0 Å². The summed E-state index contributed by atoms with van der Waals surface area (Å²) in [6.07, 6.45) is 0. The Labute approximate surface area is 428 Å². The van der Waals surface area contributed by atoms with Gasteiger partial charge in [0.15, 0.2) is 17.5 Å². The van der Waals surface area contributed by atoms with Crippen LogP contribution >= 0.6 is 0 Å². The van der Waals surface area contributed by atoms with Crippen LogP contribution in [0, 0.1) is 0 Å². The van der Waals surface area contributed by atoms with Crippen LogP contribution in [-0.2, 0) is 0 Å². The Morgan fingerprint density at radius 1 is 0.203 bits per heavy atom. The van der Waals surface area contributed by atoms with Crippen LogP contribution < -0.4 is 0 Å². The Morgan fingerprint density at radius 2 is 0.514 bits per heavy atom. The highest BCUT2D eigenvalue weighted by molar-refractivity contribution is 6.11. The molecule has 0 bridgehead atoms. The lowest BCUT2D eigenvalue weighted by molar-refractivity contribution is 1.07. The molecule has 0 fully saturated rings. The van der Waals surface area contributed by atoms with E-state index in [0.29, 0.717) is 17.5 Å². The van der Waals surface area contributed by atoms with E-state index in [4.69, 9.17) is 15.0 Å². The van der Waals surface area contributed by atoms with Crippen LogP contribution in [0.3, 0.4) is 0 Å². The van der Waals surface area contributed by atoms with Crippen molar-refractivity contribution in [2.75, 3.05) is 0 Å². The molecular formula is C69H45N5. The maximum absolute atomic E-state index is 5.39. The van der Waals surface area contributed by atoms with Crippen LogP contribution in [0.5, 0.6) is 0 Å². The van der Waals surface area contributed by atoms with Crippen molar-refractivity contribution in [2.24, 2.45) is 0 Å². The van der Waals surface area contributed by atoms with Crippen molar-refractivity contribution in [3.63, 3.8) is 0 Å². The molecule has 346 valence electrons. The molecule has 5 nitrogen and oxygen atoms in total. The highest BCUT2D eigenvalue weighted by Crippen LogP contribution is 2.41. The summed E-state index contributed by atoms with van der Waals surface area (Å²) < 4.78 is 4.82. The Bertz CT molecular complexity index is 4310. The fourth-order valence-corrected chi connectivity index (χ4v) is 10.9. The number of nitrogens with zero attached hydrogens (tertiary/aromatic N) is 5. The number of hydrogen-bond acceptors (Lipinski definition) is 3. The first-order valence-electron chi connectivity index (χ1n) is 25.1. The van der Waals surface area contributed by atoms with Crippen LogP contribution in [0.25, 0.3) is 134 Å². The molecule has 5 heteroatoms. The third kappa shape index (κ3) is 7.46. The summed E-state index contributed by atoms with van der Waals surface area (Å²) in [4.78, 5) is 15.9. The fraction of sp³-hybridized carbons (Fsp3) is 0. The van der Waals surface area contributed by atoms with Crippen molar-refractivity contribution in [1.82, 2.24) is 24.1 Å². The van der Waals surface area contributed by atoms with E-state index >= 15 is 0 Å². The summed E-state index contributed by atoms with van der Waals surface area (Å²) in [7, 11) is 0. The van der Waals surface area contributed by atoms with E-state index in [1.54, 1.807) is 0 Å². The molecule has 74 heavy (non-hydrogen) atoms. The Balaban J connectivity index is 0.956. The predicted octanol–water partition coefficient (Wildman–Crippen LogP) is 17.7. The van der Waals surface area contributed by atoms with E-state index in [2.05, 4.69) is 264 Å². The lowest BCUT2D eigenvalue weighted by atomic mass is 9.95. The van der Waals surface area contributed by atoms with Gasteiger partial charge < -0.3 is 9.13 Å². The second-order valence-electron chi connectivity index (χ2n) is 18.8. The number of fused-ring (bicyclic) bond motifs is 6. The average molecular weight is 944 g/mol. The number of aromatic nitrogens is 5. The van der Waals surface area contributed by atoms with E-state index in [9.17, 15) is 0 Å². The molecule has 0 aliphatic heterocycles. The molecular weight excluding hydrogens is 899 g/mol. The standard InChI is InChI=1S/C69H45N5/c1-4-20-46(21-5-1)49-26-18-27-50(42-49)51-38-40-56(65(44-51)73-61-34-14-10-30-57(61)58-31-11-15-35-62(58)73)52-28-19-29-53(43-52)68-70-67(48-24-8-3-9-25-48)71-69(72-68)54-39-41-55(47-22-6-2-7-23-47)66(45-54)74-63-36-16-12-32-59(63)60-33-13-17-37-64(60)74/h1-45H. The third-order valence-electron chi connectivity index (χ3n) is 14.4. The molecule has 0 N–H and O–H groups in total. The molecule has 0 amide bonds. The maximum atomic E-state index is 5.39. The maximum Gasteiger partial charge on any atom is 0.164 e. The normalized spacial score (nSPS) is 11.5. The van der Waals surface area contributed by atoms with E-state index in [1.165, 1.54) is 32.7 Å². The smallest absolute Gasteiger partial charge is 0.164 e. The minimum Gasteiger partial charge on any atom is -0.309 e. The van der Waals surface area contributed by atoms with Gasteiger partial charge >= 0.3 is 0 Å². The van der Waals surface area contributed by atoms with Gasteiger partial charge in [0, 0.05) is 49.4 Å². The van der Waals surface area contributed by atoms with Gasteiger partial charge in [-0.3, -0.25) is 0 Å². The summed E-state index contributed by atoms with van der Waals surface area (Å²) >= 11 is 0. The Morgan fingerprint density at radius 3 is 1.03 bits per heavy atom. The van der Waals surface area contributed by atoms with Crippen molar-refractivity contribution in [1.29, 1.82) is 0 Å². The highest BCUT2D eigenvalue weighted by Gasteiger charge is 2.21. The van der Waals surface area contributed by atoms with Gasteiger partial charge in [-0.25, -0.2) is 15.0 Å². The van der Waals surface area contributed by atoms with Crippen molar-refractivity contribution in [3.05, 3.63) is 273 Å². The highest BCUT2D eigenvalue weighted by atomic mass is 15.0. The predicted molar refractivity (Wildman–Crippen MR) is 307 cm³/mol. The summed E-state index contributed by atoms with van der Waals surface area (Å²) in [5, 5.41) is 4.83. The van der Waals surface area contributed by atoms with Gasteiger partial charge in [0.1, 0.15) is 0 Å². The zero-order valence-corrected chi connectivity index (χ0v) is 40.2. The summed E-state index contributed by atoms with van der Waals surface area (Å²) in [6.45, 7) is 0. The SMILES string of the molecule is c1ccc(-c2cccc(-c3ccc(-c4cccc(-c5nc(-c6ccccc6)nc(-c6ccc(-c7ccccc7)c(-n7c8ccccc8c8ccccc87)c6)n5)c4)c(-n4c5ccccc5c5ccccc54)c3)c2)cc1. The molecule has 0 spiro atoms. The molecule has 14 aromatic rings. The Kier molecular flexibility index (Phi) is 10.4. The average Bonchev–Trinajstić information content (AvgIpc) is 4.03. The van der Waals surface area contributed by atoms with Crippen molar-refractivity contribution in [3.8, 4) is 90.0 Å². The monoisotopic (exact) mass is 943 g/mol. The van der Waals surface area contributed by atoms with Crippen molar-refractivity contribution >= 4 is 43.6 Å². The van der Waals surface area contributed by atoms with Crippen LogP contribution in [-0.4, -0.2) is 24.1 Å². The molecule has 0 atom stereocenters. The van der Waals surface area contributed by atoms with Gasteiger partial charge in [0.25, 0.3) is 0 Å². The summed E-state index contributed by atoms with van der Waals surface area (Å²) in [6, 6.07) is 97.2. The number of hydrogen-bond donors (Lipinski definition) is 0. The van der Waals surface area contributed by atoms with Gasteiger partial charge in [-0.1, -0.05) is 224 Å². The van der Waals surface area contributed by atoms with Gasteiger partial charge in [-0.05, 0) is 81.9 Å². The molecule has 0 saturated carbocycles. The van der Waals surface area contributed by atoms with Crippen LogP contribution in [0.15, 0.2) is 273 Å². The topological polar surface area (TPSA) is 48.5 Å². The molecule has 0 aliphatic rings. The fourth-order valence-electron chi connectivity index (χ4n) is 10.9. The van der Waals surface area contributed by atoms with E-state index in [0.717, 1.165) is 83.5 Å². The quantitative estimate of drug-likeness (QED) is 0.145. The molecule has 0 radical (unpaired) electrons. The number of rotatable bonds is 9. The Hall–Kier alpha value is -9.97. The van der Waals surface area contributed by atoms with E-state index in [1.807, 2.05) is 18.2 Å². The van der Waals surface area contributed by atoms with Crippen molar-refractivity contribution in [2.45, 2.75) is 0 Å². The minimum absolute atomic E-state index is 0.592. The second-order valence-corrected chi connectivity index (χ2v) is 18.8. The molecule has 0 unspecified atom stereocenters. The van der Waals surface area contributed by atoms with E-state index in [-0.39, 0.29) is 0 Å². The largest absolute Gasteiger partial charge is 0.309 e. The number of benzene rings is 11. The molecule has 14 rings (SSSR count). The number of para-hydroxylation sites is 4. The van der Waals surface area contributed by atoms with Crippen LogP contribution in [0.4, 0.5) is 0 Å². The van der Waals surface area contributed by atoms with Crippen molar-refractivity contribution < 1.29 is 0 Å². The lowest BCUT2D eigenvalue weighted by Gasteiger charge is -2.17. The zero-order valence-electron chi connectivity index (χ0n) is 40.2. The molecule has 0 aliphatic carbocycles. The van der Waals surface area contributed by atoms with Crippen LogP contribution in [0.2, 0.25) is 0 Å². The van der Waals surface area contributed by atoms with Gasteiger partial charge in [0.05, 0.1) is 33.4 Å². The van der Waals surface area contributed by atoms with Gasteiger partial charge in [-0.2, -0.15) is 0 Å². The lowest BCUT2D eigenvalue weighted by Crippen LogP contribution is -2.02. The summed E-state index contributed by atoms with van der Waals surface area (Å²) in [5.41, 5.74) is 18.4. The van der Waals surface area contributed by atoms with Gasteiger partial charge in [-0.15, -0.1) is 0 Å². The zero-order chi connectivity index (χ0) is 49.0. The van der Waals surface area contributed by atoms with Crippen LogP contribution in [0.1, 0.15) is 0 Å². The second kappa shape index (κ2) is 18.0. The molecule has 11 aromatic carbocycles. The van der Waals surface area contributed by atoms with E-state index < -0.39 is 0 Å². The first kappa shape index (κ1) is 42.9. The molecule has 0 saturated heterocycles. The molecule has 3 aromatic heterocycles. The first-order chi connectivity index (χ1) is 36.7.